The molecular weight excluding hydrogens is 440 g/mol. The third-order valence-electron chi connectivity index (χ3n) is 7.01. The van der Waals surface area contributed by atoms with Crippen LogP contribution in [-0.4, -0.2) is 31.5 Å². The van der Waals surface area contributed by atoms with Gasteiger partial charge in [0.1, 0.15) is 17.2 Å². The lowest BCUT2D eigenvalue weighted by Gasteiger charge is -2.29. The van der Waals surface area contributed by atoms with Crippen LogP contribution in [0.25, 0.3) is 11.2 Å². The standard InChI is InChI=1S/C24H29F2N7O/c25-15-8-11-19(18(26)12-15)30-24-31-20-13-28-23(29-16-4-2-1-3-5-16)32-22(20)33(24)17-9-6-14(7-10-17)21(27)34/h8,11-14,16-17H,1-7,9-10H2,(H2,27,34)(H,30,31)(H,28,29,32)/t14-,17+. The molecule has 0 aliphatic heterocycles. The van der Waals surface area contributed by atoms with E-state index in [9.17, 15) is 13.6 Å². The van der Waals surface area contributed by atoms with Crippen LogP contribution in [0.3, 0.4) is 0 Å². The van der Waals surface area contributed by atoms with E-state index in [0.717, 1.165) is 31.7 Å². The first-order valence-electron chi connectivity index (χ1n) is 12.0. The highest BCUT2D eigenvalue weighted by Crippen LogP contribution is 2.37. The molecule has 2 fully saturated rings. The molecule has 1 amide bonds. The second kappa shape index (κ2) is 9.52. The molecule has 34 heavy (non-hydrogen) atoms. The second-order valence-electron chi connectivity index (χ2n) is 9.34. The minimum atomic E-state index is -0.707. The number of carbonyl (C=O) groups excluding carboxylic acids is 1. The topological polar surface area (TPSA) is 111 Å². The molecule has 2 aliphatic rings. The maximum atomic E-state index is 14.4. The van der Waals surface area contributed by atoms with Gasteiger partial charge in [0.25, 0.3) is 0 Å². The third kappa shape index (κ3) is 4.67. The van der Waals surface area contributed by atoms with Crippen molar-refractivity contribution in [2.45, 2.75) is 69.9 Å². The SMILES string of the molecule is NC(=O)[C@H]1CC[C@@H](n2c(Nc3ccc(F)cc3F)nc3cnc(NC4CCCCC4)nc32)CC1. The molecule has 0 unspecified atom stereocenters. The number of amides is 1. The van der Waals surface area contributed by atoms with Crippen molar-refractivity contribution in [3.05, 3.63) is 36.0 Å². The minimum absolute atomic E-state index is 0.00374. The Hall–Kier alpha value is -3.30. The number of nitrogens with two attached hydrogens (primary N) is 1. The molecule has 0 radical (unpaired) electrons. The van der Waals surface area contributed by atoms with E-state index in [-0.39, 0.29) is 23.6 Å². The summed E-state index contributed by atoms with van der Waals surface area (Å²) in [6.45, 7) is 0. The molecule has 8 nitrogen and oxygen atoms in total. The van der Waals surface area contributed by atoms with Gasteiger partial charge in [-0.25, -0.2) is 18.7 Å². The van der Waals surface area contributed by atoms with E-state index in [1.807, 2.05) is 4.57 Å². The van der Waals surface area contributed by atoms with Crippen molar-refractivity contribution in [2.75, 3.05) is 10.6 Å². The van der Waals surface area contributed by atoms with E-state index in [1.54, 1.807) is 6.20 Å². The molecule has 2 aliphatic carbocycles. The number of nitrogens with one attached hydrogen (secondary N) is 2. The predicted octanol–water partition coefficient (Wildman–Crippen LogP) is 4.81. The molecule has 2 heterocycles. The number of anilines is 3. The van der Waals surface area contributed by atoms with Crippen LogP contribution in [0.5, 0.6) is 0 Å². The third-order valence-corrected chi connectivity index (χ3v) is 7.01. The van der Waals surface area contributed by atoms with Crippen LogP contribution in [-0.2, 0) is 4.79 Å². The Morgan fingerprint density at radius 1 is 1.03 bits per heavy atom. The molecular formula is C24H29F2N7O. The summed E-state index contributed by atoms with van der Waals surface area (Å²) < 4.78 is 29.8. The summed E-state index contributed by atoms with van der Waals surface area (Å²) in [6, 6.07) is 3.73. The van der Waals surface area contributed by atoms with Gasteiger partial charge in [0.2, 0.25) is 17.8 Å². The predicted molar refractivity (Wildman–Crippen MR) is 126 cm³/mol. The van der Waals surface area contributed by atoms with Crippen LogP contribution < -0.4 is 16.4 Å². The van der Waals surface area contributed by atoms with Crippen molar-refractivity contribution in [3.8, 4) is 0 Å². The zero-order valence-corrected chi connectivity index (χ0v) is 18.9. The lowest BCUT2D eigenvalue weighted by molar-refractivity contribution is -0.122. The molecule has 180 valence electrons. The van der Waals surface area contributed by atoms with Crippen LogP contribution in [0.2, 0.25) is 0 Å². The van der Waals surface area contributed by atoms with Crippen molar-refractivity contribution in [3.63, 3.8) is 0 Å². The molecule has 2 aromatic heterocycles. The fraction of sp³-hybridized carbons (Fsp3) is 0.500. The number of fused-ring (bicyclic) bond motifs is 1. The van der Waals surface area contributed by atoms with Gasteiger partial charge in [-0.2, -0.15) is 4.98 Å². The summed E-state index contributed by atoms with van der Waals surface area (Å²) in [5.74, 6) is -0.817. The van der Waals surface area contributed by atoms with Crippen molar-refractivity contribution in [2.24, 2.45) is 11.7 Å². The average Bonchev–Trinajstić information content (AvgIpc) is 3.19. The number of imidazole rings is 1. The van der Waals surface area contributed by atoms with Crippen LogP contribution in [0, 0.1) is 17.6 Å². The summed E-state index contributed by atoms with van der Waals surface area (Å²) in [7, 11) is 0. The number of halogens is 2. The van der Waals surface area contributed by atoms with Gasteiger partial charge in [-0.05, 0) is 50.7 Å². The average molecular weight is 470 g/mol. The number of benzene rings is 1. The molecule has 0 saturated heterocycles. The Kier molecular flexibility index (Phi) is 6.30. The Morgan fingerprint density at radius 3 is 2.50 bits per heavy atom. The maximum Gasteiger partial charge on any atom is 0.224 e. The minimum Gasteiger partial charge on any atom is -0.369 e. The fourth-order valence-electron chi connectivity index (χ4n) is 5.15. The highest BCUT2D eigenvalue weighted by molar-refractivity contribution is 5.78. The summed E-state index contributed by atoms with van der Waals surface area (Å²) in [6.07, 6.45) is 10.3. The molecule has 0 spiro atoms. The number of carbonyl (C=O) groups is 1. The van der Waals surface area contributed by atoms with Gasteiger partial charge in [-0.1, -0.05) is 19.3 Å². The molecule has 1 aromatic carbocycles. The van der Waals surface area contributed by atoms with E-state index in [2.05, 4.69) is 20.6 Å². The molecule has 10 heteroatoms. The first kappa shape index (κ1) is 22.5. The largest absolute Gasteiger partial charge is 0.369 e. The first-order valence-corrected chi connectivity index (χ1v) is 12.0. The van der Waals surface area contributed by atoms with Gasteiger partial charge in [-0.3, -0.25) is 9.36 Å². The van der Waals surface area contributed by atoms with Gasteiger partial charge >= 0.3 is 0 Å². The van der Waals surface area contributed by atoms with E-state index < -0.39 is 11.6 Å². The van der Waals surface area contributed by atoms with Gasteiger partial charge in [0.05, 0.1) is 11.9 Å². The number of hydrogen-bond donors (Lipinski definition) is 3. The van der Waals surface area contributed by atoms with E-state index in [1.165, 1.54) is 31.4 Å². The van der Waals surface area contributed by atoms with Crippen molar-refractivity contribution in [1.82, 2.24) is 19.5 Å². The van der Waals surface area contributed by atoms with E-state index >= 15 is 0 Å². The van der Waals surface area contributed by atoms with Gasteiger partial charge in [0, 0.05) is 24.1 Å². The summed E-state index contributed by atoms with van der Waals surface area (Å²) >= 11 is 0. The van der Waals surface area contributed by atoms with Gasteiger partial charge in [0.15, 0.2) is 5.65 Å². The monoisotopic (exact) mass is 469 g/mol. The molecule has 2 saturated carbocycles. The van der Waals surface area contributed by atoms with Crippen LogP contribution in [0.15, 0.2) is 24.4 Å². The van der Waals surface area contributed by atoms with Crippen LogP contribution in [0.4, 0.5) is 26.4 Å². The van der Waals surface area contributed by atoms with Crippen molar-refractivity contribution >= 4 is 34.7 Å². The number of primary amides is 1. The molecule has 3 aromatic rings. The smallest absolute Gasteiger partial charge is 0.224 e. The number of aromatic nitrogens is 4. The van der Waals surface area contributed by atoms with Crippen molar-refractivity contribution < 1.29 is 13.6 Å². The summed E-state index contributed by atoms with van der Waals surface area (Å²) in [5.41, 5.74) is 6.86. The van der Waals surface area contributed by atoms with Gasteiger partial charge < -0.3 is 16.4 Å². The first-order chi connectivity index (χ1) is 16.5. The summed E-state index contributed by atoms with van der Waals surface area (Å²) in [4.78, 5) is 25.5. The zero-order valence-electron chi connectivity index (χ0n) is 18.9. The quantitative estimate of drug-likeness (QED) is 0.478. The lowest BCUT2D eigenvalue weighted by Crippen LogP contribution is -2.29. The van der Waals surface area contributed by atoms with Gasteiger partial charge in [-0.15, -0.1) is 0 Å². The molecule has 0 bridgehead atoms. The zero-order chi connectivity index (χ0) is 23.7. The maximum absolute atomic E-state index is 14.4. The number of nitrogens with zero attached hydrogens (tertiary/aromatic N) is 4. The fourth-order valence-corrected chi connectivity index (χ4v) is 5.15. The second-order valence-corrected chi connectivity index (χ2v) is 9.34. The van der Waals surface area contributed by atoms with E-state index in [4.69, 9.17) is 10.7 Å². The number of rotatable bonds is 6. The highest BCUT2D eigenvalue weighted by Gasteiger charge is 2.29. The van der Waals surface area contributed by atoms with Crippen LogP contribution >= 0.6 is 0 Å². The summed E-state index contributed by atoms with van der Waals surface area (Å²) in [5, 5.41) is 6.47. The molecule has 4 N–H and O–H groups in total. The normalized spacial score (nSPS) is 21.5. The Morgan fingerprint density at radius 2 is 1.79 bits per heavy atom. The Balaban J connectivity index is 1.50. The number of hydrogen-bond acceptors (Lipinski definition) is 6. The highest BCUT2D eigenvalue weighted by atomic mass is 19.1. The van der Waals surface area contributed by atoms with Crippen molar-refractivity contribution in [1.29, 1.82) is 0 Å². The molecule has 5 rings (SSSR count). The van der Waals surface area contributed by atoms with E-state index in [0.29, 0.717) is 41.9 Å². The Bertz CT molecular complexity index is 1180. The lowest BCUT2D eigenvalue weighted by atomic mass is 9.85. The molecule has 0 atom stereocenters. The Labute approximate surface area is 196 Å². The van der Waals surface area contributed by atoms with Crippen LogP contribution in [0.1, 0.15) is 63.8 Å².